The first-order chi connectivity index (χ1) is 8.08. The maximum Gasteiger partial charge on any atom is 0.338 e. The molecule has 2 heterocycles. The molecule has 0 aliphatic heterocycles. The number of hydrogen-bond acceptors (Lipinski definition) is 4. The highest BCUT2D eigenvalue weighted by atomic mass is 32.1. The molecule has 6 heteroatoms. The van der Waals surface area contributed by atoms with Crippen molar-refractivity contribution < 1.29 is 19.1 Å². The lowest BCUT2D eigenvalue weighted by Crippen LogP contribution is -2.12. The summed E-state index contributed by atoms with van der Waals surface area (Å²) in [4.78, 5) is 23.5. The van der Waals surface area contributed by atoms with E-state index in [1.165, 1.54) is 36.0 Å². The van der Waals surface area contributed by atoms with Crippen LogP contribution in [0.5, 0.6) is 0 Å². The number of hydrogen-bond donors (Lipinski definition) is 2. The van der Waals surface area contributed by atoms with Gasteiger partial charge in [0.05, 0.1) is 17.4 Å². The van der Waals surface area contributed by atoms with Gasteiger partial charge >= 0.3 is 5.97 Å². The largest absolute Gasteiger partial charge is 0.478 e. The van der Waals surface area contributed by atoms with Crippen LogP contribution in [0.1, 0.15) is 25.6 Å². The molecular formula is C11H9NO4S. The van der Waals surface area contributed by atoms with E-state index in [1.54, 1.807) is 6.92 Å². The number of carboxylic acid groups (broad SMARTS) is 1. The van der Waals surface area contributed by atoms with Crippen LogP contribution >= 0.6 is 11.3 Å². The second kappa shape index (κ2) is 4.42. The first-order valence-corrected chi connectivity index (χ1v) is 5.57. The molecule has 0 aliphatic rings. The molecule has 0 saturated heterocycles. The third-order valence-corrected chi connectivity index (χ3v) is 3.06. The van der Waals surface area contributed by atoms with Crippen molar-refractivity contribution in [3.63, 3.8) is 0 Å². The molecule has 0 fully saturated rings. The van der Waals surface area contributed by atoms with Crippen molar-refractivity contribution >= 4 is 28.2 Å². The average Bonchev–Trinajstić information content (AvgIpc) is 2.86. The molecule has 2 aromatic heterocycles. The first-order valence-electron chi connectivity index (χ1n) is 4.75. The lowest BCUT2D eigenvalue weighted by atomic mass is 10.3. The predicted octanol–water partition coefficient (Wildman–Crippen LogP) is 2.60. The average molecular weight is 251 g/mol. The van der Waals surface area contributed by atoms with Crippen molar-refractivity contribution in [3.05, 3.63) is 40.7 Å². The molecule has 17 heavy (non-hydrogen) atoms. The molecule has 0 aromatic carbocycles. The highest BCUT2D eigenvalue weighted by Crippen LogP contribution is 2.28. The Labute approximate surface area is 101 Å². The minimum absolute atomic E-state index is 0.101. The van der Waals surface area contributed by atoms with Crippen LogP contribution in [-0.4, -0.2) is 17.0 Å². The second-order valence-corrected chi connectivity index (χ2v) is 4.63. The molecule has 88 valence electrons. The summed E-state index contributed by atoms with van der Waals surface area (Å²) in [7, 11) is 0. The Balaban J connectivity index is 2.24. The van der Waals surface area contributed by atoms with E-state index < -0.39 is 5.97 Å². The fourth-order valence-corrected chi connectivity index (χ4v) is 2.23. The highest BCUT2D eigenvalue weighted by molar-refractivity contribution is 7.16. The van der Waals surface area contributed by atoms with Crippen molar-refractivity contribution in [1.82, 2.24) is 0 Å². The summed E-state index contributed by atoms with van der Waals surface area (Å²) in [5, 5.41) is 11.8. The lowest BCUT2D eigenvalue weighted by molar-refractivity contribution is 0.0698. The number of amides is 1. The third kappa shape index (κ3) is 2.36. The van der Waals surface area contributed by atoms with Gasteiger partial charge in [-0.1, -0.05) is 0 Å². The number of nitrogens with one attached hydrogen (secondary N) is 1. The maximum absolute atomic E-state index is 11.7. The van der Waals surface area contributed by atoms with Gasteiger partial charge in [0.2, 0.25) is 0 Å². The summed E-state index contributed by atoms with van der Waals surface area (Å²) in [5.41, 5.74) is 0.455. The van der Waals surface area contributed by atoms with Gasteiger partial charge in [0.25, 0.3) is 5.91 Å². The monoisotopic (exact) mass is 251 g/mol. The van der Waals surface area contributed by atoms with Crippen molar-refractivity contribution in [1.29, 1.82) is 0 Å². The Hall–Kier alpha value is -2.08. The fourth-order valence-electron chi connectivity index (χ4n) is 1.33. The van der Waals surface area contributed by atoms with Crippen LogP contribution in [0.4, 0.5) is 5.00 Å². The van der Waals surface area contributed by atoms with Crippen molar-refractivity contribution in [2.75, 3.05) is 5.32 Å². The van der Waals surface area contributed by atoms with Crippen molar-refractivity contribution in [2.45, 2.75) is 6.92 Å². The summed E-state index contributed by atoms with van der Waals surface area (Å²) in [6.07, 6.45) is 2.68. The van der Waals surface area contributed by atoms with Gasteiger partial charge in [-0.25, -0.2) is 4.79 Å². The van der Waals surface area contributed by atoms with Crippen LogP contribution < -0.4 is 5.32 Å². The normalized spacial score (nSPS) is 10.2. The summed E-state index contributed by atoms with van der Waals surface area (Å²) in [5.74, 6) is -1.44. The molecule has 0 saturated carbocycles. The van der Waals surface area contributed by atoms with Gasteiger partial charge in [-0.15, -0.1) is 11.3 Å². The van der Waals surface area contributed by atoms with Gasteiger partial charge in [-0.2, -0.15) is 0 Å². The highest BCUT2D eigenvalue weighted by Gasteiger charge is 2.16. The van der Waals surface area contributed by atoms with Crippen LogP contribution in [0.2, 0.25) is 0 Å². The molecular weight excluding hydrogens is 242 g/mol. The smallest absolute Gasteiger partial charge is 0.338 e. The molecule has 2 rings (SSSR count). The summed E-state index contributed by atoms with van der Waals surface area (Å²) in [6, 6.07) is 3.04. The van der Waals surface area contributed by atoms with Crippen LogP contribution in [0.25, 0.3) is 0 Å². The van der Waals surface area contributed by atoms with Gasteiger partial charge in [0, 0.05) is 4.88 Å². The van der Waals surface area contributed by atoms with Crippen molar-refractivity contribution in [2.24, 2.45) is 0 Å². The van der Waals surface area contributed by atoms with E-state index in [2.05, 4.69) is 5.32 Å². The number of furan rings is 1. The van der Waals surface area contributed by atoms with Gasteiger partial charge in [0.1, 0.15) is 11.3 Å². The second-order valence-electron chi connectivity index (χ2n) is 3.37. The van der Waals surface area contributed by atoms with Crippen LogP contribution in [-0.2, 0) is 0 Å². The minimum atomic E-state index is -1.06. The molecule has 0 atom stereocenters. The molecule has 1 amide bonds. The number of aromatic carboxylic acids is 1. The zero-order chi connectivity index (χ0) is 12.4. The van der Waals surface area contributed by atoms with Crippen LogP contribution in [0.15, 0.2) is 29.1 Å². The number of rotatable bonds is 3. The lowest BCUT2D eigenvalue weighted by Gasteiger charge is -2.01. The molecule has 0 unspecified atom stereocenters. The van der Waals surface area contributed by atoms with Crippen LogP contribution in [0, 0.1) is 6.92 Å². The minimum Gasteiger partial charge on any atom is -0.478 e. The Kier molecular flexibility index (Phi) is 2.97. The standard InChI is InChI=1S/C11H9NO4S/c1-6-4-8(11(14)15)10(17-6)12-9(13)7-2-3-16-5-7/h2-5H,1H3,(H,12,13)(H,14,15). The Morgan fingerprint density at radius 2 is 2.24 bits per heavy atom. The summed E-state index contributed by atoms with van der Waals surface area (Å²) in [6.45, 7) is 1.78. The molecule has 5 nitrogen and oxygen atoms in total. The van der Waals surface area contributed by atoms with E-state index in [0.717, 1.165) is 4.88 Å². The molecule has 0 spiro atoms. The van der Waals surface area contributed by atoms with E-state index >= 15 is 0 Å². The molecule has 2 aromatic rings. The van der Waals surface area contributed by atoms with E-state index in [0.29, 0.717) is 10.6 Å². The van der Waals surface area contributed by atoms with E-state index in [-0.39, 0.29) is 11.5 Å². The number of aryl methyl sites for hydroxylation is 1. The van der Waals surface area contributed by atoms with E-state index in [9.17, 15) is 9.59 Å². The van der Waals surface area contributed by atoms with Gasteiger partial charge in [0.15, 0.2) is 0 Å². The number of carbonyl (C=O) groups excluding carboxylic acids is 1. The SMILES string of the molecule is Cc1cc(C(=O)O)c(NC(=O)c2ccoc2)s1. The first kappa shape index (κ1) is 11.4. The Morgan fingerprint density at radius 1 is 1.47 bits per heavy atom. The topological polar surface area (TPSA) is 79.5 Å². The number of carbonyl (C=O) groups is 2. The molecule has 0 radical (unpaired) electrons. The summed E-state index contributed by atoms with van der Waals surface area (Å²) < 4.78 is 4.78. The zero-order valence-electron chi connectivity index (χ0n) is 8.89. The molecule has 2 N–H and O–H groups in total. The zero-order valence-corrected chi connectivity index (χ0v) is 9.71. The maximum atomic E-state index is 11.7. The van der Waals surface area contributed by atoms with Gasteiger partial charge in [-0.3, -0.25) is 4.79 Å². The van der Waals surface area contributed by atoms with E-state index in [1.807, 2.05) is 0 Å². The number of anilines is 1. The fraction of sp³-hybridized carbons (Fsp3) is 0.0909. The van der Waals surface area contributed by atoms with Crippen LogP contribution in [0.3, 0.4) is 0 Å². The molecule has 0 aliphatic carbocycles. The quantitative estimate of drug-likeness (QED) is 0.878. The Morgan fingerprint density at radius 3 is 2.82 bits per heavy atom. The summed E-state index contributed by atoms with van der Waals surface area (Å²) >= 11 is 1.22. The molecule has 0 bridgehead atoms. The Bertz CT molecular complexity index is 556. The van der Waals surface area contributed by atoms with E-state index in [4.69, 9.17) is 9.52 Å². The van der Waals surface area contributed by atoms with Crippen molar-refractivity contribution in [3.8, 4) is 0 Å². The predicted molar refractivity (Wildman–Crippen MR) is 62.7 cm³/mol. The number of carboxylic acids is 1. The third-order valence-electron chi connectivity index (χ3n) is 2.10. The van der Waals surface area contributed by atoms with Gasteiger partial charge < -0.3 is 14.8 Å². The number of thiophene rings is 1. The van der Waals surface area contributed by atoms with Gasteiger partial charge in [-0.05, 0) is 19.1 Å².